The van der Waals surface area contributed by atoms with Gasteiger partial charge in [-0.2, -0.15) is 0 Å². The SMILES string of the molecule is Cc1ccc(O)c(C(=O)O[C@H](C)C(=O)Nc2ccc3ccccc3c2)c1. The Hall–Kier alpha value is -3.34. The molecule has 0 radical (unpaired) electrons. The summed E-state index contributed by atoms with van der Waals surface area (Å²) in [4.78, 5) is 24.5. The Morgan fingerprint density at radius 2 is 1.73 bits per heavy atom. The van der Waals surface area contributed by atoms with Crippen LogP contribution >= 0.6 is 0 Å². The Morgan fingerprint density at radius 3 is 2.50 bits per heavy atom. The molecule has 5 nitrogen and oxygen atoms in total. The van der Waals surface area contributed by atoms with Gasteiger partial charge in [-0.3, -0.25) is 4.79 Å². The van der Waals surface area contributed by atoms with Crippen molar-refractivity contribution in [3.05, 3.63) is 71.8 Å². The van der Waals surface area contributed by atoms with Gasteiger partial charge < -0.3 is 15.2 Å². The summed E-state index contributed by atoms with van der Waals surface area (Å²) in [5, 5.41) is 14.6. The lowest BCUT2D eigenvalue weighted by Crippen LogP contribution is -2.30. The summed E-state index contributed by atoms with van der Waals surface area (Å²) in [6, 6.07) is 18.0. The highest BCUT2D eigenvalue weighted by Gasteiger charge is 2.21. The average Bonchev–Trinajstić information content (AvgIpc) is 2.63. The van der Waals surface area contributed by atoms with E-state index in [0.29, 0.717) is 5.69 Å². The van der Waals surface area contributed by atoms with Crippen LogP contribution in [-0.2, 0) is 9.53 Å². The lowest BCUT2D eigenvalue weighted by atomic mass is 10.1. The number of benzene rings is 3. The summed E-state index contributed by atoms with van der Waals surface area (Å²) >= 11 is 0. The standard InChI is InChI=1S/C21H19NO4/c1-13-7-10-19(23)18(11-13)21(25)26-14(2)20(24)22-17-9-8-15-5-3-4-6-16(15)12-17/h3-12,14,23H,1-2H3,(H,22,24)/t14-/m1/s1. The number of anilines is 1. The number of carbonyl (C=O) groups is 2. The monoisotopic (exact) mass is 349 g/mol. The van der Waals surface area contributed by atoms with Crippen molar-refractivity contribution in [1.82, 2.24) is 0 Å². The fourth-order valence-electron chi connectivity index (χ4n) is 2.60. The number of carbonyl (C=O) groups excluding carboxylic acids is 2. The highest BCUT2D eigenvalue weighted by molar-refractivity contribution is 5.99. The van der Waals surface area contributed by atoms with Crippen LogP contribution in [0.15, 0.2) is 60.7 Å². The van der Waals surface area contributed by atoms with E-state index in [4.69, 9.17) is 4.74 Å². The number of hydrogen-bond donors (Lipinski definition) is 2. The second kappa shape index (κ2) is 7.27. The van der Waals surface area contributed by atoms with Crippen LogP contribution in [-0.4, -0.2) is 23.1 Å². The molecule has 0 heterocycles. The van der Waals surface area contributed by atoms with Crippen LogP contribution in [0.5, 0.6) is 5.75 Å². The van der Waals surface area contributed by atoms with Crippen LogP contribution in [0, 0.1) is 6.92 Å². The van der Waals surface area contributed by atoms with E-state index >= 15 is 0 Å². The first kappa shape index (κ1) is 17.5. The molecule has 26 heavy (non-hydrogen) atoms. The van der Waals surface area contributed by atoms with E-state index in [0.717, 1.165) is 16.3 Å². The highest BCUT2D eigenvalue weighted by atomic mass is 16.5. The van der Waals surface area contributed by atoms with Crippen molar-refractivity contribution in [2.75, 3.05) is 5.32 Å². The van der Waals surface area contributed by atoms with Crippen molar-refractivity contribution in [2.24, 2.45) is 0 Å². The predicted octanol–water partition coefficient (Wildman–Crippen LogP) is 4.04. The van der Waals surface area contributed by atoms with Gasteiger partial charge in [0.05, 0.1) is 0 Å². The van der Waals surface area contributed by atoms with Gasteiger partial charge in [0.25, 0.3) is 5.91 Å². The van der Waals surface area contributed by atoms with Gasteiger partial charge >= 0.3 is 5.97 Å². The Morgan fingerprint density at radius 1 is 1.00 bits per heavy atom. The molecule has 0 aromatic heterocycles. The van der Waals surface area contributed by atoms with Gasteiger partial charge in [0.1, 0.15) is 11.3 Å². The van der Waals surface area contributed by atoms with E-state index in [1.165, 1.54) is 19.1 Å². The minimum Gasteiger partial charge on any atom is -0.507 e. The number of fused-ring (bicyclic) bond motifs is 1. The Bertz CT molecular complexity index is 981. The highest BCUT2D eigenvalue weighted by Crippen LogP contribution is 2.21. The van der Waals surface area contributed by atoms with Crippen LogP contribution < -0.4 is 5.32 Å². The third kappa shape index (κ3) is 3.83. The summed E-state index contributed by atoms with van der Waals surface area (Å²) in [7, 11) is 0. The van der Waals surface area contributed by atoms with Gasteiger partial charge in [-0.15, -0.1) is 0 Å². The first-order valence-electron chi connectivity index (χ1n) is 8.24. The topological polar surface area (TPSA) is 75.6 Å². The second-order valence-electron chi connectivity index (χ2n) is 6.12. The largest absolute Gasteiger partial charge is 0.507 e. The van der Waals surface area contributed by atoms with Crippen molar-refractivity contribution in [2.45, 2.75) is 20.0 Å². The number of aryl methyl sites for hydroxylation is 1. The maximum absolute atomic E-state index is 12.3. The van der Waals surface area contributed by atoms with E-state index in [2.05, 4.69) is 5.32 Å². The minimum atomic E-state index is -1.01. The lowest BCUT2D eigenvalue weighted by molar-refractivity contribution is -0.123. The van der Waals surface area contributed by atoms with Gasteiger partial charge in [-0.25, -0.2) is 4.79 Å². The summed E-state index contributed by atoms with van der Waals surface area (Å²) < 4.78 is 5.18. The summed E-state index contributed by atoms with van der Waals surface area (Å²) in [6.07, 6.45) is -1.01. The zero-order chi connectivity index (χ0) is 18.7. The van der Waals surface area contributed by atoms with Gasteiger partial charge in [0.15, 0.2) is 6.10 Å². The van der Waals surface area contributed by atoms with Crippen LogP contribution in [0.2, 0.25) is 0 Å². The number of phenolic OH excluding ortho intramolecular Hbond substituents is 1. The molecule has 2 N–H and O–H groups in total. The van der Waals surface area contributed by atoms with Crippen molar-refractivity contribution in [3.8, 4) is 5.75 Å². The molecular weight excluding hydrogens is 330 g/mol. The number of esters is 1. The molecule has 0 saturated carbocycles. The molecule has 0 fully saturated rings. The molecule has 132 valence electrons. The fourth-order valence-corrected chi connectivity index (χ4v) is 2.60. The summed E-state index contributed by atoms with van der Waals surface area (Å²) in [5.74, 6) is -1.36. The number of amides is 1. The molecule has 3 aromatic carbocycles. The molecule has 0 saturated heterocycles. The van der Waals surface area contributed by atoms with Crippen molar-refractivity contribution >= 4 is 28.3 Å². The number of phenols is 1. The number of ether oxygens (including phenoxy) is 1. The lowest BCUT2D eigenvalue weighted by Gasteiger charge is -2.14. The van der Waals surface area contributed by atoms with E-state index in [-0.39, 0.29) is 11.3 Å². The molecular formula is C21H19NO4. The van der Waals surface area contributed by atoms with Crippen LogP contribution in [0.4, 0.5) is 5.69 Å². The van der Waals surface area contributed by atoms with Gasteiger partial charge in [-0.05, 0) is 48.9 Å². The zero-order valence-electron chi connectivity index (χ0n) is 14.5. The first-order chi connectivity index (χ1) is 12.4. The molecule has 5 heteroatoms. The average molecular weight is 349 g/mol. The molecule has 1 amide bonds. The minimum absolute atomic E-state index is 0.0374. The van der Waals surface area contributed by atoms with Gasteiger partial charge in [-0.1, -0.05) is 42.0 Å². The maximum Gasteiger partial charge on any atom is 0.342 e. The zero-order valence-corrected chi connectivity index (χ0v) is 14.5. The number of nitrogens with one attached hydrogen (secondary N) is 1. The molecule has 0 aliphatic heterocycles. The quantitative estimate of drug-likeness (QED) is 0.697. The molecule has 1 atom stereocenters. The smallest absolute Gasteiger partial charge is 0.342 e. The van der Waals surface area contributed by atoms with Crippen molar-refractivity contribution in [3.63, 3.8) is 0 Å². The molecule has 0 aliphatic carbocycles. The van der Waals surface area contributed by atoms with Crippen molar-refractivity contribution < 1.29 is 19.4 Å². The normalized spacial score (nSPS) is 11.8. The van der Waals surface area contributed by atoms with Crippen LogP contribution in [0.3, 0.4) is 0 Å². The molecule has 3 aromatic rings. The first-order valence-corrected chi connectivity index (χ1v) is 8.24. The van der Waals surface area contributed by atoms with Crippen molar-refractivity contribution in [1.29, 1.82) is 0 Å². The molecule has 0 unspecified atom stereocenters. The number of rotatable bonds is 4. The Labute approximate surface area is 151 Å². The fraction of sp³-hybridized carbons (Fsp3) is 0.143. The number of aromatic hydroxyl groups is 1. The Kier molecular flexibility index (Phi) is 4.89. The van der Waals surface area contributed by atoms with Crippen LogP contribution in [0.25, 0.3) is 10.8 Å². The van der Waals surface area contributed by atoms with E-state index in [9.17, 15) is 14.7 Å². The third-order valence-electron chi connectivity index (χ3n) is 4.04. The van der Waals surface area contributed by atoms with E-state index in [1.54, 1.807) is 19.1 Å². The van der Waals surface area contributed by atoms with Crippen LogP contribution in [0.1, 0.15) is 22.8 Å². The molecule has 0 spiro atoms. The second-order valence-corrected chi connectivity index (χ2v) is 6.12. The molecule has 0 aliphatic rings. The third-order valence-corrected chi connectivity index (χ3v) is 4.04. The van der Waals surface area contributed by atoms with Gasteiger partial charge in [0, 0.05) is 5.69 Å². The maximum atomic E-state index is 12.3. The summed E-state index contributed by atoms with van der Waals surface area (Å²) in [6.45, 7) is 3.28. The molecule has 3 rings (SSSR count). The molecule has 0 bridgehead atoms. The van der Waals surface area contributed by atoms with Gasteiger partial charge in [0.2, 0.25) is 0 Å². The summed E-state index contributed by atoms with van der Waals surface area (Å²) in [5.41, 5.74) is 1.47. The predicted molar refractivity (Wildman–Crippen MR) is 100 cm³/mol. The van der Waals surface area contributed by atoms with E-state index < -0.39 is 18.0 Å². The Balaban J connectivity index is 1.68. The number of hydrogen-bond acceptors (Lipinski definition) is 4. The van der Waals surface area contributed by atoms with E-state index in [1.807, 2.05) is 36.4 Å².